The summed E-state index contributed by atoms with van der Waals surface area (Å²) in [4.78, 5) is 15.1. The molecule has 6 nitrogen and oxygen atoms in total. The van der Waals surface area contributed by atoms with Gasteiger partial charge >= 0.3 is 6.09 Å². The second-order valence-corrected chi connectivity index (χ2v) is 10.9. The number of aromatic hydroxyl groups is 1. The van der Waals surface area contributed by atoms with Crippen LogP contribution in [0.4, 0.5) is 4.79 Å². The minimum absolute atomic E-state index is 0.0765. The molecular weight excluding hydrogens is 550 g/mol. The Morgan fingerprint density at radius 2 is 1.27 bits per heavy atom. The van der Waals surface area contributed by atoms with Crippen molar-refractivity contribution in [1.29, 1.82) is 0 Å². The van der Waals surface area contributed by atoms with E-state index >= 15 is 0 Å². The molecule has 5 aromatic rings. The highest BCUT2D eigenvalue weighted by Crippen LogP contribution is 2.39. The molecule has 1 N–H and O–H groups in total. The maximum absolute atomic E-state index is 13.3. The number of nitrogens with zero attached hydrogens (tertiary/aromatic N) is 1. The molecular formula is C38H35NO5. The molecule has 44 heavy (non-hydrogen) atoms. The van der Waals surface area contributed by atoms with Gasteiger partial charge in [-0.1, -0.05) is 103 Å². The lowest BCUT2D eigenvalue weighted by Crippen LogP contribution is -2.35. The topological polar surface area (TPSA) is 68.2 Å². The molecule has 222 valence electrons. The third kappa shape index (κ3) is 7.21. The zero-order valence-corrected chi connectivity index (χ0v) is 24.5. The fourth-order valence-corrected chi connectivity index (χ4v) is 5.48. The lowest BCUT2D eigenvalue weighted by atomic mass is 9.87. The van der Waals surface area contributed by atoms with Crippen molar-refractivity contribution in [2.45, 2.75) is 32.2 Å². The van der Waals surface area contributed by atoms with Crippen molar-refractivity contribution in [3.63, 3.8) is 0 Å². The molecule has 1 atom stereocenters. The molecule has 0 radical (unpaired) electrons. The molecule has 1 aliphatic heterocycles. The summed E-state index contributed by atoms with van der Waals surface area (Å²) in [6.07, 6.45) is 0.242. The molecule has 0 aliphatic carbocycles. The van der Waals surface area contributed by atoms with Crippen LogP contribution in [-0.2, 0) is 31.0 Å². The van der Waals surface area contributed by atoms with Gasteiger partial charge in [-0.3, -0.25) is 0 Å². The number of carbonyl (C=O) groups excluding carboxylic acids is 1. The van der Waals surface area contributed by atoms with Crippen LogP contribution in [-0.4, -0.2) is 29.2 Å². The Morgan fingerprint density at radius 1 is 0.705 bits per heavy atom. The van der Waals surface area contributed by atoms with Crippen LogP contribution in [0.3, 0.4) is 0 Å². The average Bonchev–Trinajstić information content (AvgIpc) is 3.26. The van der Waals surface area contributed by atoms with Crippen LogP contribution in [0.15, 0.2) is 127 Å². The fraction of sp³-hybridized carbons (Fsp3) is 0.184. The number of carbonyl (C=O) groups is 1. The lowest BCUT2D eigenvalue weighted by Gasteiger charge is -2.25. The first kappa shape index (κ1) is 28.9. The molecule has 0 saturated carbocycles. The molecule has 0 aromatic heterocycles. The molecule has 0 spiro atoms. The maximum Gasteiger partial charge on any atom is 0.410 e. The molecule has 6 heteroatoms. The van der Waals surface area contributed by atoms with E-state index in [0.717, 1.165) is 39.1 Å². The third-order valence-corrected chi connectivity index (χ3v) is 7.88. The summed E-state index contributed by atoms with van der Waals surface area (Å²) < 4.78 is 17.8. The monoisotopic (exact) mass is 585 g/mol. The van der Waals surface area contributed by atoms with E-state index < -0.39 is 0 Å². The van der Waals surface area contributed by atoms with E-state index in [1.165, 1.54) is 0 Å². The molecule has 0 bridgehead atoms. The first-order valence-electron chi connectivity index (χ1n) is 14.9. The number of fused-ring (bicyclic) bond motifs is 1. The van der Waals surface area contributed by atoms with Gasteiger partial charge in [-0.2, -0.15) is 0 Å². The van der Waals surface area contributed by atoms with Gasteiger partial charge in [0.25, 0.3) is 0 Å². The van der Waals surface area contributed by atoms with Gasteiger partial charge in [-0.25, -0.2) is 4.79 Å². The Hall–Kier alpha value is -5.23. The standard InChI is InChI=1S/C38H35NO5/c40-36-23-34-32(22-37(36)43-26-29-12-6-2-7-13-29)20-21-39(38(41)44-27-30-14-8-3-9-15-30)24-35(34)31-16-18-33(19-17-31)42-25-28-10-4-1-5-11-28/h1-19,22-23,35,40H,20-21,24-27H2. The Kier molecular flexibility index (Phi) is 9.07. The first-order valence-corrected chi connectivity index (χ1v) is 14.9. The number of phenolic OH excluding ortho intramolecular Hbond substituents is 1. The van der Waals surface area contributed by atoms with E-state index in [0.29, 0.717) is 38.5 Å². The van der Waals surface area contributed by atoms with Crippen molar-refractivity contribution in [3.8, 4) is 17.2 Å². The SMILES string of the molecule is O=C(OCc1ccccc1)N1CCc2cc(OCc3ccccc3)c(O)cc2C(c2ccc(OCc3ccccc3)cc2)C1. The molecule has 1 amide bonds. The number of benzene rings is 5. The second-order valence-electron chi connectivity index (χ2n) is 10.9. The van der Waals surface area contributed by atoms with Crippen LogP contribution < -0.4 is 9.47 Å². The summed E-state index contributed by atoms with van der Waals surface area (Å²) in [7, 11) is 0. The largest absolute Gasteiger partial charge is 0.504 e. The second kappa shape index (κ2) is 13.8. The van der Waals surface area contributed by atoms with E-state index in [-0.39, 0.29) is 24.4 Å². The number of rotatable bonds is 9. The average molecular weight is 586 g/mol. The number of amides is 1. The molecule has 1 heterocycles. The summed E-state index contributed by atoms with van der Waals surface area (Å²) in [5.41, 5.74) is 6.05. The Bertz CT molecular complexity index is 1660. The Balaban J connectivity index is 1.24. The van der Waals surface area contributed by atoms with E-state index in [2.05, 4.69) is 0 Å². The first-order chi connectivity index (χ1) is 21.6. The van der Waals surface area contributed by atoms with Gasteiger partial charge in [0.05, 0.1) is 0 Å². The molecule has 6 rings (SSSR count). The minimum Gasteiger partial charge on any atom is -0.504 e. The van der Waals surface area contributed by atoms with Gasteiger partial charge in [-0.15, -0.1) is 0 Å². The molecule has 0 fully saturated rings. The van der Waals surface area contributed by atoms with Crippen molar-refractivity contribution in [1.82, 2.24) is 4.90 Å². The highest BCUT2D eigenvalue weighted by molar-refractivity contribution is 5.68. The van der Waals surface area contributed by atoms with E-state index in [9.17, 15) is 9.90 Å². The highest BCUT2D eigenvalue weighted by Gasteiger charge is 2.29. The summed E-state index contributed by atoms with van der Waals surface area (Å²) in [6.45, 7) is 1.93. The van der Waals surface area contributed by atoms with Gasteiger partial charge in [0.1, 0.15) is 25.6 Å². The Morgan fingerprint density at radius 3 is 1.89 bits per heavy atom. The van der Waals surface area contributed by atoms with Gasteiger partial charge < -0.3 is 24.2 Å². The van der Waals surface area contributed by atoms with Gasteiger partial charge in [0.2, 0.25) is 0 Å². The van der Waals surface area contributed by atoms with Crippen molar-refractivity contribution in [2.24, 2.45) is 0 Å². The summed E-state index contributed by atoms with van der Waals surface area (Å²) in [6, 6.07) is 41.3. The predicted octanol–water partition coefficient (Wildman–Crippen LogP) is 7.88. The normalized spacial score (nSPS) is 14.3. The summed E-state index contributed by atoms with van der Waals surface area (Å²) in [5.74, 6) is 1.08. The minimum atomic E-state index is -0.362. The van der Waals surface area contributed by atoms with Gasteiger partial charge in [0.15, 0.2) is 11.5 Å². The van der Waals surface area contributed by atoms with Gasteiger partial charge in [-0.05, 0) is 64.1 Å². The lowest BCUT2D eigenvalue weighted by molar-refractivity contribution is 0.0964. The highest BCUT2D eigenvalue weighted by atomic mass is 16.6. The van der Waals surface area contributed by atoms with Crippen LogP contribution in [0, 0.1) is 0 Å². The number of phenols is 1. The van der Waals surface area contributed by atoms with E-state index in [4.69, 9.17) is 14.2 Å². The smallest absolute Gasteiger partial charge is 0.410 e. The van der Waals surface area contributed by atoms with Crippen molar-refractivity contribution in [2.75, 3.05) is 13.1 Å². The maximum atomic E-state index is 13.3. The summed E-state index contributed by atoms with van der Waals surface area (Å²) in [5, 5.41) is 11.1. The number of hydrogen-bond acceptors (Lipinski definition) is 5. The van der Waals surface area contributed by atoms with Crippen LogP contribution in [0.5, 0.6) is 17.2 Å². The zero-order valence-electron chi connectivity index (χ0n) is 24.5. The summed E-state index contributed by atoms with van der Waals surface area (Å²) >= 11 is 0. The third-order valence-electron chi connectivity index (χ3n) is 7.88. The number of hydrogen-bond donors (Lipinski definition) is 1. The van der Waals surface area contributed by atoms with Crippen LogP contribution in [0.1, 0.15) is 39.3 Å². The quantitative estimate of drug-likeness (QED) is 0.191. The molecule has 1 aliphatic rings. The van der Waals surface area contributed by atoms with Crippen molar-refractivity contribution in [3.05, 3.63) is 161 Å². The van der Waals surface area contributed by atoms with Crippen LogP contribution >= 0.6 is 0 Å². The van der Waals surface area contributed by atoms with Crippen LogP contribution in [0.2, 0.25) is 0 Å². The fourth-order valence-electron chi connectivity index (χ4n) is 5.48. The van der Waals surface area contributed by atoms with Crippen molar-refractivity contribution < 1.29 is 24.1 Å². The van der Waals surface area contributed by atoms with Crippen molar-refractivity contribution >= 4 is 6.09 Å². The Labute approximate surface area is 258 Å². The van der Waals surface area contributed by atoms with Crippen LogP contribution in [0.25, 0.3) is 0 Å². The van der Waals surface area contributed by atoms with E-state index in [1.807, 2.05) is 121 Å². The zero-order chi connectivity index (χ0) is 30.1. The van der Waals surface area contributed by atoms with E-state index in [1.54, 1.807) is 11.0 Å². The molecule has 1 unspecified atom stereocenters. The predicted molar refractivity (Wildman–Crippen MR) is 170 cm³/mol. The molecule has 0 saturated heterocycles. The number of ether oxygens (including phenoxy) is 3. The molecule has 5 aromatic carbocycles. The van der Waals surface area contributed by atoms with Gasteiger partial charge in [0, 0.05) is 19.0 Å².